The third kappa shape index (κ3) is 3.96. The molecule has 0 aromatic heterocycles. The van der Waals surface area contributed by atoms with Crippen molar-refractivity contribution in [2.24, 2.45) is 0 Å². The molecule has 1 atom stereocenters. The summed E-state index contributed by atoms with van der Waals surface area (Å²) in [5.74, 6) is 2.28. The van der Waals surface area contributed by atoms with Gasteiger partial charge in [-0.15, -0.1) is 0 Å². The third-order valence-electron chi connectivity index (χ3n) is 3.06. The van der Waals surface area contributed by atoms with Crippen molar-refractivity contribution in [3.63, 3.8) is 0 Å². The molecule has 1 aliphatic rings. The van der Waals surface area contributed by atoms with E-state index >= 15 is 0 Å². The Kier molecular flexibility index (Phi) is 4.86. The minimum atomic E-state index is -3.30. The molecule has 6 heteroatoms. The van der Waals surface area contributed by atoms with Crippen LogP contribution in [-0.4, -0.2) is 38.3 Å². The first kappa shape index (κ1) is 14.4. The van der Waals surface area contributed by atoms with Gasteiger partial charge in [0.25, 0.3) is 0 Å². The largest absolute Gasteiger partial charge is 0.312 e. The number of rotatable bonds is 5. The van der Waals surface area contributed by atoms with Crippen LogP contribution in [0.1, 0.15) is 12.0 Å². The summed E-state index contributed by atoms with van der Waals surface area (Å²) in [6, 6.07) is 8.58. The van der Waals surface area contributed by atoms with Gasteiger partial charge in [-0.1, -0.05) is 6.07 Å². The number of hydrogen-bond donors (Lipinski definition) is 1. The van der Waals surface area contributed by atoms with Crippen LogP contribution >= 0.6 is 11.8 Å². The maximum absolute atomic E-state index is 12.1. The van der Waals surface area contributed by atoms with Crippen molar-refractivity contribution in [3.8, 4) is 6.07 Å². The summed E-state index contributed by atoms with van der Waals surface area (Å²) < 4.78 is 24.2. The van der Waals surface area contributed by atoms with E-state index in [0.29, 0.717) is 18.2 Å². The zero-order chi connectivity index (χ0) is 13.7. The van der Waals surface area contributed by atoms with Gasteiger partial charge in [-0.3, -0.25) is 0 Å². The Morgan fingerprint density at radius 2 is 2.32 bits per heavy atom. The van der Waals surface area contributed by atoms with Crippen LogP contribution in [0.3, 0.4) is 0 Å². The molecule has 1 fully saturated rings. The Balaban J connectivity index is 1.95. The van der Waals surface area contributed by atoms with Gasteiger partial charge in [-0.25, -0.2) is 8.42 Å². The monoisotopic (exact) mass is 296 g/mol. The lowest BCUT2D eigenvalue weighted by Gasteiger charge is -2.11. The molecule has 0 amide bonds. The lowest BCUT2D eigenvalue weighted by atomic mass is 10.2. The number of thioether (sulfide) groups is 1. The number of nitrogens with zero attached hydrogens (tertiary/aromatic N) is 1. The molecule has 1 unspecified atom stereocenters. The number of sulfone groups is 1. The zero-order valence-electron chi connectivity index (χ0n) is 10.5. The zero-order valence-corrected chi connectivity index (χ0v) is 12.1. The van der Waals surface area contributed by atoms with E-state index in [9.17, 15) is 8.42 Å². The normalized spacial score (nSPS) is 19.2. The first-order chi connectivity index (χ1) is 9.12. The number of nitrogens with one attached hydrogen (secondary N) is 1. The minimum absolute atomic E-state index is 0.0725. The SMILES string of the molecule is N#Cc1cccc(S(=O)(=O)CCNC2CCSC2)c1. The van der Waals surface area contributed by atoms with Gasteiger partial charge >= 0.3 is 0 Å². The highest BCUT2D eigenvalue weighted by atomic mass is 32.2. The fourth-order valence-corrected chi connectivity index (χ4v) is 4.37. The van der Waals surface area contributed by atoms with Crippen molar-refractivity contribution in [2.75, 3.05) is 23.8 Å². The summed E-state index contributed by atoms with van der Waals surface area (Å²) in [7, 11) is -3.30. The molecule has 0 saturated carbocycles. The van der Waals surface area contributed by atoms with Gasteiger partial charge in [-0.2, -0.15) is 17.0 Å². The van der Waals surface area contributed by atoms with Crippen LogP contribution in [0.2, 0.25) is 0 Å². The minimum Gasteiger partial charge on any atom is -0.312 e. The van der Waals surface area contributed by atoms with Crippen LogP contribution < -0.4 is 5.32 Å². The van der Waals surface area contributed by atoms with Crippen LogP contribution in [-0.2, 0) is 9.84 Å². The molecule has 19 heavy (non-hydrogen) atoms. The fourth-order valence-electron chi connectivity index (χ4n) is 1.97. The average Bonchev–Trinajstić information content (AvgIpc) is 2.92. The summed E-state index contributed by atoms with van der Waals surface area (Å²) in [4.78, 5) is 0.231. The Morgan fingerprint density at radius 3 is 3.00 bits per heavy atom. The number of benzene rings is 1. The molecule has 1 heterocycles. The highest BCUT2D eigenvalue weighted by Gasteiger charge is 2.18. The molecule has 1 aliphatic heterocycles. The molecule has 4 nitrogen and oxygen atoms in total. The molecular formula is C13H16N2O2S2. The molecule has 102 valence electrons. The Bertz CT molecular complexity index is 573. The maximum atomic E-state index is 12.1. The number of nitriles is 1. The second-order valence-electron chi connectivity index (χ2n) is 4.47. The van der Waals surface area contributed by atoms with E-state index in [1.54, 1.807) is 18.2 Å². The van der Waals surface area contributed by atoms with Gasteiger partial charge in [0.15, 0.2) is 9.84 Å². The summed E-state index contributed by atoms with van der Waals surface area (Å²) >= 11 is 1.89. The van der Waals surface area contributed by atoms with E-state index in [-0.39, 0.29) is 10.6 Å². The standard InChI is InChI=1S/C13H16N2O2S2/c14-9-11-2-1-3-13(8-11)19(16,17)7-5-15-12-4-6-18-10-12/h1-3,8,12,15H,4-7,10H2. The van der Waals surface area contributed by atoms with Crippen LogP contribution in [0.5, 0.6) is 0 Å². The van der Waals surface area contributed by atoms with E-state index in [0.717, 1.165) is 17.9 Å². The molecule has 1 saturated heterocycles. The lowest BCUT2D eigenvalue weighted by molar-refractivity contribution is 0.563. The quantitative estimate of drug-likeness (QED) is 0.890. The summed E-state index contributed by atoms with van der Waals surface area (Å²) in [5, 5.41) is 12.1. The van der Waals surface area contributed by atoms with E-state index in [1.807, 2.05) is 17.8 Å². The lowest BCUT2D eigenvalue weighted by Crippen LogP contribution is -2.33. The first-order valence-electron chi connectivity index (χ1n) is 6.16. The molecule has 1 aromatic rings. The number of hydrogen-bond acceptors (Lipinski definition) is 5. The van der Waals surface area contributed by atoms with E-state index in [1.165, 1.54) is 6.07 Å². The topological polar surface area (TPSA) is 70.0 Å². The van der Waals surface area contributed by atoms with Gasteiger partial charge in [0.1, 0.15) is 0 Å². The first-order valence-corrected chi connectivity index (χ1v) is 8.96. The van der Waals surface area contributed by atoms with E-state index in [4.69, 9.17) is 5.26 Å². The molecule has 0 radical (unpaired) electrons. The smallest absolute Gasteiger partial charge is 0.179 e. The molecular weight excluding hydrogens is 280 g/mol. The molecule has 0 bridgehead atoms. The van der Waals surface area contributed by atoms with Crippen LogP contribution in [0.4, 0.5) is 0 Å². The van der Waals surface area contributed by atoms with Crippen molar-refractivity contribution in [3.05, 3.63) is 29.8 Å². The Morgan fingerprint density at radius 1 is 1.47 bits per heavy atom. The van der Waals surface area contributed by atoms with E-state index < -0.39 is 9.84 Å². The fraction of sp³-hybridized carbons (Fsp3) is 0.462. The van der Waals surface area contributed by atoms with Gasteiger partial charge in [-0.05, 0) is 30.4 Å². The Hall–Kier alpha value is -1.03. The van der Waals surface area contributed by atoms with Crippen LogP contribution in [0.25, 0.3) is 0 Å². The van der Waals surface area contributed by atoms with Gasteiger partial charge in [0, 0.05) is 18.3 Å². The highest BCUT2D eigenvalue weighted by molar-refractivity contribution is 7.99. The van der Waals surface area contributed by atoms with Crippen LogP contribution in [0, 0.1) is 11.3 Å². The van der Waals surface area contributed by atoms with Crippen molar-refractivity contribution < 1.29 is 8.42 Å². The summed E-state index contributed by atoms with van der Waals surface area (Å²) in [5.41, 5.74) is 0.376. The maximum Gasteiger partial charge on any atom is 0.179 e. The molecule has 0 spiro atoms. The van der Waals surface area contributed by atoms with Gasteiger partial charge in [0.05, 0.1) is 22.3 Å². The summed E-state index contributed by atoms with van der Waals surface area (Å²) in [6.45, 7) is 0.463. The predicted molar refractivity (Wildman–Crippen MR) is 76.9 cm³/mol. The third-order valence-corrected chi connectivity index (χ3v) is 5.93. The Labute approximate surface area is 118 Å². The molecule has 1 N–H and O–H groups in total. The molecule has 2 rings (SSSR count). The molecule has 1 aromatic carbocycles. The molecule has 0 aliphatic carbocycles. The van der Waals surface area contributed by atoms with Crippen molar-refractivity contribution in [1.82, 2.24) is 5.32 Å². The highest BCUT2D eigenvalue weighted by Crippen LogP contribution is 2.17. The predicted octanol–water partition coefficient (Wildman–Crippen LogP) is 1.43. The second-order valence-corrected chi connectivity index (χ2v) is 7.73. The van der Waals surface area contributed by atoms with Gasteiger partial charge in [0.2, 0.25) is 0 Å². The van der Waals surface area contributed by atoms with E-state index in [2.05, 4.69) is 5.32 Å². The average molecular weight is 296 g/mol. The second kappa shape index (κ2) is 6.42. The van der Waals surface area contributed by atoms with Crippen molar-refractivity contribution in [1.29, 1.82) is 5.26 Å². The van der Waals surface area contributed by atoms with Crippen molar-refractivity contribution in [2.45, 2.75) is 17.4 Å². The van der Waals surface area contributed by atoms with Gasteiger partial charge < -0.3 is 5.32 Å². The van der Waals surface area contributed by atoms with Crippen molar-refractivity contribution >= 4 is 21.6 Å². The summed E-state index contributed by atoms with van der Waals surface area (Å²) in [6.07, 6.45) is 1.11. The van der Waals surface area contributed by atoms with Crippen LogP contribution in [0.15, 0.2) is 29.2 Å².